The Balaban J connectivity index is 1.31. The van der Waals surface area contributed by atoms with Crippen molar-refractivity contribution in [1.29, 1.82) is 0 Å². The summed E-state index contributed by atoms with van der Waals surface area (Å²) in [5.74, 6) is 2.19. The highest BCUT2D eigenvalue weighted by Gasteiger charge is 2.42. The molecule has 0 atom stereocenters. The number of hydrogen-bond acceptors (Lipinski definition) is 2. The minimum Gasteiger partial charge on any atom is -0.368 e. The number of hydrogen-bond donors (Lipinski definition) is 0. The van der Waals surface area contributed by atoms with Gasteiger partial charge in [-0.3, -0.25) is 4.68 Å². The molecule has 6 rings (SSSR count). The van der Waals surface area contributed by atoms with Gasteiger partial charge in [-0.15, -0.1) is 0 Å². The average Bonchev–Trinajstić information content (AvgIpc) is 3.78. The molecule has 3 fully saturated rings. The molecule has 0 bridgehead atoms. The van der Waals surface area contributed by atoms with Crippen molar-refractivity contribution < 1.29 is 4.74 Å². The Morgan fingerprint density at radius 3 is 2.12 bits per heavy atom. The summed E-state index contributed by atoms with van der Waals surface area (Å²) in [6.07, 6.45) is 9.80. The molecule has 0 N–H and O–H groups in total. The number of rotatable bonds is 8. The molecule has 0 aliphatic heterocycles. The lowest BCUT2D eigenvalue weighted by Crippen LogP contribution is -2.35. The lowest BCUT2D eigenvalue weighted by atomic mass is 9.74. The van der Waals surface area contributed by atoms with Crippen LogP contribution >= 0.6 is 0 Å². The molecule has 3 aliphatic carbocycles. The summed E-state index contributed by atoms with van der Waals surface area (Å²) in [7, 11) is 0. The summed E-state index contributed by atoms with van der Waals surface area (Å²) < 4.78 is 9.10. The van der Waals surface area contributed by atoms with Crippen LogP contribution in [0.5, 0.6) is 0 Å². The minimum atomic E-state index is -0.230. The van der Waals surface area contributed by atoms with Crippen LogP contribution in [0.2, 0.25) is 0 Å². The van der Waals surface area contributed by atoms with E-state index in [-0.39, 0.29) is 5.60 Å². The Morgan fingerprint density at radius 1 is 0.812 bits per heavy atom. The smallest absolute Gasteiger partial charge is 0.112 e. The normalized spacial score (nSPS) is 25.7. The van der Waals surface area contributed by atoms with Crippen LogP contribution < -0.4 is 0 Å². The number of aromatic nitrogens is 2. The van der Waals surface area contributed by atoms with E-state index < -0.39 is 0 Å². The molecule has 3 heteroatoms. The molecule has 3 aromatic rings. The second-order valence-corrected chi connectivity index (χ2v) is 10.3. The maximum absolute atomic E-state index is 6.81. The topological polar surface area (TPSA) is 27.1 Å². The Labute approximate surface area is 191 Å². The average molecular weight is 427 g/mol. The van der Waals surface area contributed by atoms with E-state index in [1.54, 1.807) is 0 Å². The Morgan fingerprint density at radius 2 is 1.47 bits per heavy atom. The van der Waals surface area contributed by atoms with E-state index in [2.05, 4.69) is 71.4 Å². The first-order chi connectivity index (χ1) is 15.8. The van der Waals surface area contributed by atoms with Gasteiger partial charge in [0.25, 0.3) is 0 Å². The lowest BCUT2D eigenvalue weighted by Gasteiger charge is -2.39. The van der Waals surface area contributed by atoms with E-state index in [1.807, 2.05) is 0 Å². The molecule has 3 aliphatic rings. The maximum Gasteiger partial charge on any atom is 0.112 e. The molecule has 0 unspecified atom stereocenters. The van der Waals surface area contributed by atoms with Crippen LogP contribution in [0.15, 0.2) is 66.7 Å². The summed E-state index contributed by atoms with van der Waals surface area (Å²) in [6.45, 7) is 1.93. The van der Waals surface area contributed by atoms with Gasteiger partial charge < -0.3 is 4.74 Å². The van der Waals surface area contributed by atoms with Gasteiger partial charge in [0.05, 0.1) is 18.0 Å². The standard InChI is InChI=1S/C29H34N2O/c1-3-7-24(8-4-1)25-15-17-29(18-16-25,32-21-23-13-14-23)28-19-27(26-9-5-2-6-10-26)31(30-28)20-22-11-12-22/h1-10,19,22-23,25H,11-18,20-21H2. The molecule has 32 heavy (non-hydrogen) atoms. The van der Waals surface area contributed by atoms with E-state index in [1.165, 1.54) is 61.0 Å². The molecule has 1 heterocycles. The highest BCUT2D eigenvalue weighted by atomic mass is 16.5. The summed E-state index contributed by atoms with van der Waals surface area (Å²) in [5.41, 5.74) is 4.94. The molecule has 3 saturated carbocycles. The van der Waals surface area contributed by atoms with Crippen molar-refractivity contribution in [2.24, 2.45) is 11.8 Å². The fourth-order valence-corrected chi connectivity index (χ4v) is 5.34. The van der Waals surface area contributed by atoms with Gasteiger partial charge in [0.15, 0.2) is 0 Å². The predicted molar refractivity (Wildman–Crippen MR) is 128 cm³/mol. The first-order valence-corrected chi connectivity index (χ1v) is 12.6. The second kappa shape index (κ2) is 8.51. The molecule has 3 nitrogen and oxygen atoms in total. The predicted octanol–water partition coefficient (Wildman–Crippen LogP) is 6.94. The van der Waals surface area contributed by atoms with E-state index in [0.717, 1.165) is 37.8 Å². The first kappa shape index (κ1) is 20.2. The summed E-state index contributed by atoms with van der Waals surface area (Å²) >= 11 is 0. The lowest BCUT2D eigenvalue weighted by molar-refractivity contribution is -0.0865. The van der Waals surface area contributed by atoms with Gasteiger partial charge in [-0.25, -0.2) is 0 Å². The Kier molecular flexibility index (Phi) is 5.38. The van der Waals surface area contributed by atoms with Crippen molar-refractivity contribution in [3.8, 4) is 11.3 Å². The third kappa shape index (κ3) is 4.28. The van der Waals surface area contributed by atoms with Crippen LogP contribution in [0.4, 0.5) is 0 Å². The monoisotopic (exact) mass is 426 g/mol. The maximum atomic E-state index is 6.81. The van der Waals surface area contributed by atoms with E-state index >= 15 is 0 Å². The molecule has 2 aromatic carbocycles. The molecule has 0 amide bonds. The van der Waals surface area contributed by atoms with E-state index in [0.29, 0.717) is 5.92 Å². The van der Waals surface area contributed by atoms with Crippen LogP contribution in [-0.4, -0.2) is 16.4 Å². The third-order valence-corrected chi connectivity index (χ3v) is 7.80. The van der Waals surface area contributed by atoms with Gasteiger partial charge in [-0.05, 0) is 86.3 Å². The largest absolute Gasteiger partial charge is 0.368 e. The fraction of sp³-hybridized carbons (Fsp3) is 0.483. The summed E-state index contributed by atoms with van der Waals surface area (Å²) in [5, 5.41) is 5.25. The summed E-state index contributed by atoms with van der Waals surface area (Å²) in [4.78, 5) is 0. The van der Waals surface area contributed by atoms with Crippen molar-refractivity contribution >= 4 is 0 Å². The van der Waals surface area contributed by atoms with Crippen LogP contribution in [0, 0.1) is 11.8 Å². The molecule has 0 saturated heterocycles. The van der Waals surface area contributed by atoms with Crippen molar-refractivity contribution in [3.63, 3.8) is 0 Å². The summed E-state index contributed by atoms with van der Waals surface area (Å²) in [6, 6.07) is 24.2. The minimum absolute atomic E-state index is 0.230. The van der Waals surface area contributed by atoms with Crippen LogP contribution in [0.3, 0.4) is 0 Å². The molecular weight excluding hydrogens is 392 g/mol. The van der Waals surface area contributed by atoms with Crippen molar-refractivity contribution in [2.45, 2.75) is 69.4 Å². The highest BCUT2D eigenvalue weighted by molar-refractivity contribution is 5.60. The fourth-order valence-electron chi connectivity index (χ4n) is 5.34. The van der Waals surface area contributed by atoms with Crippen molar-refractivity contribution in [1.82, 2.24) is 9.78 Å². The molecule has 0 radical (unpaired) electrons. The van der Waals surface area contributed by atoms with Crippen molar-refractivity contribution in [3.05, 3.63) is 78.0 Å². The zero-order valence-electron chi connectivity index (χ0n) is 19.0. The zero-order chi connectivity index (χ0) is 21.4. The molecular formula is C29H34N2O. The number of ether oxygens (including phenoxy) is 1. The first-order valence-electron chi connectivity index (χ1n) is 12.6. The van der Waals surface area contributed by atoms with Crippen molar-refractivity contribution in [2.75, 3.05) is 6.61 Å². The zero-order valence-corrected chi connectivity index (χ0v) is 19.0. The quantitative estimate of drug-likeness (QED) is 0.390. The van der Waals surface area contributed by atoms with E-state index in [4.69, 9.17) is 9.84 Å². The van der Waals surface area contributed by atoms with Crippen LogP contribution in [-0.2, 0) is 16.9 Å². The Bertz CT molecular complexity index is 1030. The van der Waals surface area contributed by atoms with Gasteiger partial charge >= 0.3 is 0 Å². The molecule has 1 aromatic heterocycles. The Hall–Kier alpha value is -2.39. The van der Waals surface area contributed by atoms with Crippen LogP contribution in [0.25, 0.3) is 11.3 Å². The van der Waals surface area contributed by atoms with Crippen LogP contribution in [0.1, 0.15) is 68.5 Å². The van der Waals surface area contributed by atoms with Gasteiger partial charge in [-0.2, -0.15) is 5.10 Å². The second-order valence-electron chi connectivity index (χ2n) is 10.3. The number of nitrogens with zero attached hydrogens (tertiary/aromatic N) is 2. The van der Waals surface area contributed by atoms with Gasteiger partial charge in [0.2, 0.25) is 0 Å². The highest BCUT2D eigenvalue weighted by Crippen LogP contribution is 2.47. The van der Waals surface area contributed by atoms with E-state index in [9.17, 15) is 0 Å². The van der Waals surface area contributed by atoms with Gasteiger partial charge in [0.1, 0.15) is 5.60 Å². The van der Waals surface area contributed by atoms with Gasteiger partial charge in [-0.1, -0.05) is 60.7 Å². The SMILES string of the molecule is c1ccc(-c2cc(C3(OCC4CC4)CCC(c4ccccc4)CC3)nn2CC2CC2)cc1. The number of benzene rings is 2. The molecule has 166 valence electrons. The molecule has 0 spiro atoms. The third-order valence-electron chi connectivity index (χ3n) is 7.80. The van der Waals surface area contributed by atoms with Gasteiger partial charge in [0, 0.05) is 6.54 Å².